The summed E-state index contributed by atoms with van der Waals surface area (Å²) >= 11 is 0. The Morgan fingerprint density at radius 3 is 1.47 bits per heavy atom. The Balaban J connectivity index is 1.05. The van der Waals surface area contributed by atoms with E-state index in [9.17, 15) is 5.26 Å². The molecule has 3 heteroatoms. The Morgan fingerprint density at radius 1 is 0.418 bits per heavy atom. The van der Waals surface area contributed by atoms with Crippen LogP contribution in [0, 0.1) is 11.3 Å². The average Bonchev–Trinajstić information content (AvgIpc) is 3.59. The first-order valence-corrected chi connectivity index (χ1v) is 18.7. The molecule has 0 saturated carbocycles. The summed E-state index contributed by atoms with van der Waals surface area (Å²) in [4.78, 5) is 4.62. The smallest absolute Gasteiger partial charge is 0.0992 e. The number of nitriles is 1. The molecule has 3 nitrogen and oxygen atoms in total. The van der Waals surface area contributed by atoms with Crippen LogP contribution >= 0.6 is 0 Å². The van der Waals surface area contributed by atoms with E-state index in [0.717, 1.165) is 33.4 Å². The largest absolute Gasteiger partial charge is 0.309 e. The Kier molecular flexibility index (Phi) is 6.12. The van der Waals surface area contributed by atoms with E-state index in [0.29, 0.717) is 5.56 Å². The number of hydrogen-bond donors (Lipinski definition) is 0. The van der Waals surface area contributed by atoms with Crippen molar-refractivity contribution in [1.29, 1.82) is 5.26 Å². The molecule has 0 saturated heterocycles. The van der Waals surface area contributed by atoms with Crippen LogP contribution in [0.3, 0.4) is 0 Å². The van der Waals surface area contributed by atoms with Crippen molar-refractivity contribution in [3.8, 4) is 45.3 Å². The molecule has 10 aromatic carbocycles. The predicted molar refractivity (Wildman–Crippen MR) is 230 cm³/mol. The highest BCUT2D eigenvalue weighted by atomic mass is 15.0. The zero-order valence-corrected chi connectivity index (χ0v) is 29.6. The van der Waals surface area contributed by atoms with Crippen molar-refractivity contribution in [2.45, 2.75) is 0 Å². The predicted octanol–water partition coefficient (Wildman–Crippen LogP) is 13.7. The molecule has 0 bridgehead atoms. The molecule has 0 atom stereocenters. The van der Waals surface area contributed by atoms with Gasteiger partial charge in [-0.3, -0.25) is 4.98 Å². The highest BCUT2D eigenvalue weighted by Gasteiger charge is 2.20. The molecule has 12 aromatic rings. The fourth-order valence-corrected chi connectivity index (χ4v) is 9.32. The van der Waals surface area contributed by atoms with Crippen molar-refractivity contribution in [3.63, 3.8) is 0 Å². The van der Waals surface area contributed by atoms with Gasteiger partial charge in [-0.1, -0.05) is 97.1 Å². The number of benzene rings is 10. The molecule has 0 spiro atoms. The van der Waals surface area contributed by atoms with Crippen LogP contribution in [0.25, 0.3) is 115 Å². The van der Waals surface area contributed by atoms with Gasteiger partial charge in [0.05, 0.1) is 28.4 Å². The van der Waals surface area contributed by atoms with E-state index in [1.54, 1.807) is 0 Å². The summed E-state index contributed by atoms with van der Waals surface area (Å²) in [5.74, 6) is 0. The van der Waals surface area contributed by atoms with Gasteiger partial charge < -0.3 is 4.57 Å². The third kappa shape index (κ3) is 4.34. The van der Waals surface area contributed by atoms with Crippen LogP contribution in [0.2, 0.25) is 0 Å². The van der Waals surface area contributed by atoms with Gasteiger partial charge in [0, 0.05) is 28.2 Å². The normalized spacial score (nSPS) is 12.0. The number of para-hydroxylation sites is 1. The number of rotatable bonds is 4. The lowest BCUT2D eigenvalue weighted by Gasteiger charge is -2.16. The van der Waals surface area contributed by atoms with E-state index >= 15 is 0 Å². The fraction of sp³-hybridized carbons (Fsp3) is 0. The van der Waals surface area contributed by atoms with Gasteiger partial charge in [0.25, 0.3) is 0 Å². The molecule has 0 aliphatic heterocycles. The van der Waals surface area contributed by atoms with Crippen LogP contribution in [0.1, 0.15) is 5.56 Å². The van der Waals surface area contributed by atoms with Gasteiger partial charge >= 0.3 is 0 Å². The lowest BCUT2D eigenvalue weighted by Crippen LogP contribution is -1.94. The zero-order valence-electron chi connectivity index (χ0n) is 29.6. The Hall–Kier alpha value is -7.54. The molecule has 2 aromatic heterocycles. The second kappa shape index (κ2) is 11.2. The van der Waals surface area contributed by atoms with Gasteiger partial charge in [-0.2, -0.15) is 5.26 Å². The summed E-state index contributed by atoms with van der Waals surface area (Å²) in [7, 11) is 0. The van der Waals surface area contributed by atoms with Crippen molar-refractivity contribution >= 4 is 75.7 Å². The van der Waals surface area contributed by atoms with Crippen molar-refractivity contribution in [3.05, 3.63) is 182 Å². The fourth-order valence-electron chi connectivity index (χ4n) is 9.32. The van der Waals surface area contributed by atoms with Crippen LogP contribution in [0.5, 0.6) is 0 Å². The van der Waals surface area contributed by atoms with Crippen molar-refractivity contribution in [2.24, 2.45) is 0 Å². The standard InChI is InChI=1S/C52H29N3/c53-30-31-22-32-13-18-37-26-39(29-48-52(37)51(32)47(23-31)55(48)41-8-2-1-3-9-41)43-20-19-42(44-10-4-5-11-45(43)44)38-24-33-14-16-35-27-40(46-12-6-7-21-54-46)28-36-17-15-34(25-38)49(33)50(35)36/h1-29H. The maximum absolute atomic E-state index is 9.95. The maximum Gasteiger partial charge on any atom is 0.0992 e. The molecule has 0 fully saturated rings. The highest BCUT2D eigenvalue weighted by Crippen LogP contribution is 2.45. The number of aromatic nitrogens is 2. The Labute approximate surface area is 316 Å². The molecular weight excluding hydrogens is 667 g/mol. The van der Waals surface area contributed by atoms with Gasteiger partial charge in [0.15, 0.2) is 0 Å². The number of fused-ring (bicyclic) bond motifs is 1. The van der Waals surface area contributed by atoms with Gasteiger partial charge in [-0.15, -0.1) is 0 Å². The number of hydrogen-bond acceptors (Lipinski definition) is 2. The van der Waals surface area contributed by atoms with Gasteiger partial charge in [-0.25, -0.2) is 0 Å². The molecule has 0 unspecified atom stereocenters. The SMILES string of the molecule is N#Cc1cc2ccc3cc(-c4ccc(-c5cc6ccc7cc(-c8ccccn8)cc8ccc(c5)c6c78)c5ccccc45)cc4c3c2c(c1)n4-c1ccccc1. The third-order valence-electron chi connectivity index (χ3n) is 11.7. The molecular formula is C52H29N3. The zero-order chi connectivity index (χ0) is 36.2. The summed E-state index contributed by atoms with van der Waals surface area (Å²) in [5.41, 5.74) is 10.9. The van der Waals surface area contributed by atoms with E-state index < -0.39 is 0 Å². The Bertz CT molecular complexity index is 3470. The summed E-state index contributed by atoms with van der Waals surface area (Å²) in [6.45, 7) is 0. The highest BCUT2D eigenvalue weighted by molar-refractivity contribution is 6.27. The monoisotopic (exact) mass is 695 g/mol. The number of pyridine rings is 1. The van der Waals surface area contributed by atoms with E-state index in [1.807, 2.05) is 36.5 Å². The summed E-state index contributed by atoms with van der Waals surface area (Å²) < 4.78 is 2.33. The van der Waals surface area contributed by atoms with Crippen molar-refractivity contribution < 1.29 is 0 Å². The molecule has 2 heterocycles. The molecule has 0 amide bonds. The minimum Gasteiger partial charge on any atom is -0.309 e. The summed E-state index contributed by atoms with van der Waals surface area (Å²) in [5, 5.41) is 24.7. The van der Waals surface area contributed by atoms with Crippen LogP contribution < -0.4 is 0 Å². The third-order valence-corrected chi connectivity index (χ3v) is 11.7. The quantitative estimate of drug-likeness (QED) is 0.172. The van der Waals surface area contributed by atoms with Crippen LogP contribution in [0.4, 0.5) is 0 Å². The average molecular weight is 696 g/mol. The lowest BCUT2D eigenvalue weighted by molar-refractivity contribution is 1.18. The maximum atomic E-state index is 9.95. The van der Waals surface area contributed by atoms with Gasteiger partial charge in [0.2, 0.25) is 0 Å². The molecule has 0 aliphatic carbocycles. The van der Waals surface area contributed by atoms with Crippen LogP contribution in [0.15, 0.2) is 176 Å². The first-order valence-electron chi connectivity index (χ1n) is 18.7. The second-order valence-electron chi connectivity index (χ2n) is 14.7. The first kappa shape index (κ1) is 30.0. The number of nitrogens with zero attached hydrogens (tertiary/aromatic N) is 3. The van der Waals surface area contributed by atoms with E-state index in [1.165, 1.54) is 81.5 Å². The summed E-state index contributed by atoms with van der Waals surface area (Å²) in [6.07, 6.45) is 1.86. The lowest BCUT2D eigenvalue weighted by atomic mass is 9.87. The Morgan fingerprint density at radius 2 is 0.909 bits per heavy atom. The van der Waals surface area contributed by atoms with Crippen LogP contribution in [-0.2, 0) is 0 Å². The van der Waals surface area contributed by atoms with Gasteiger partial charge in [-0.05, 0) is 149 Å². The molecule has 252 valence electrons. The second-order valence-corrected chi connectivity index (χ2v) is 14.7. The minimum absolute atomic E-state index is 0.666. The molecule has 0 radical (unpaired) electrons. The van der Waals surface area contributed by atoms with Crippen molar-refractivity contribution in [2.75, 3.05) is 0 Å². The van der Waals surface area contributed by atoms with E-state index in [-0.39, 0.29) is 0 Å². The summed E-state index contributed by atoms with van der Waals surface area (Å²) in [6, 6.07) is 63.8. The molecule has 0 aliphatic rings. The van der Waals surface area contributed by atoms with Crippen molar-refractivity contribution in [1.82, 2.24) is 9.55 Å². The van der Waals surface area contributed by atoms with Gasteiger partial charge in [0.1, 0.15) is 0 Å². The molecule has 0 N–H and O–H groups in total. The molecule has 55 heavy (non-hydrogen) atoms. The van der Waals surface area contributed by atoms with E-state index in [2.05, 4.69) is 155 Å². The van der Waals surface area contributed by atoms with Crippen LogP contribution in [-0.4, -0.2) is 9.55 Å². The first-order chi connectivity index (χ1) is 27.2. The molecule has 12 rings (SSSR count). The van der Waals surface area contributed by atoms with E-state index in [4.69, 9.17) is 0 Å². The minimum atomic E-state index is 0.666. The topological polar surface area (TPSA) is 41.6 Å².